The Bertz CT molecular complexity index is 391. The molecule has 0 amide bonds. The number of benzene rings is 1. The first-order valence-corrected chi connectivity index (χ1v) is 7.40. The molecular weight excluding hydrogens is 220 g/mol. The Hall–Kier alpha value is -0.980. The third-order valence-electron chi connectivity index (χ3n) is 3.97. The van der Waals surface area contributed by atoms with E-state index in [2.05, 4.69) is 45.9 Å². The molecule has 1 aliphatic carbocycles. The summed E-state index contributed by atoms with van der Waals surface area (Å²) >= 11 is 0. The zero-order chi connectivity index (χ0) is 13.1. The number of ether oxygens (including phenoxy) is 1. The predicted octanol–water partition coefficient (Wildman–Crippen LogP) is 5.11. The molecule has 100 valence electrons. The Labute approximate surface area is 112 Å². The lowest BCUT2D eigenvalue weighted by molar-refractivity contribution is 0.307. The highest BCUT2D eigenvalue weighted by molar-refractivity contribution is 5.45. The first kappa shape index (κ1) is 13.5. The molecule has 1 nitrogen and oxygen atoms in total. The largest absolute Gasteiger partial charge is 0.493 e. The summed E-state index contributed by atoms with van der Waals surface area (Å²) in [6.07, 6.45) is 3.85. The van der Waals surface area contributed by atoms with Crippen molar-refractivity contribution >= 4 is 0 Å². The molecule has 1 unspecified atom stereocenters. The van der Waals surface area contributed by atoms with Gasteiger partial charge in [-0.3, -0.25) is 0 Å². The van der Waals surface area contributed by atoms with Crippen molar-refractivity contribution in [1.29, 1.82) is 0 Å². The van der Waals surface area contributed by atoms with Gasteiger partial charge < -0.3 is 4.74 Å². The van der Waals surface area contributed by atoms with Crippen molar-refractivity contribution in [1.82, 2.24) is 0 Å². The van der Waals surface area contributed by atoms with Gasteiger partial charge in [0.1, 0.15) is 5.75 Å². The lowest BCUT2D eigenvalue weighted by Crippen LogP contribution is -2.06. The van der Waals surface area contributed by atoms with Crippen molar-refractivity contribution in [2.24, 2.45) is 5.92 Å². The fourth-order valence-electron chi connectivity index (χ4n) is 2.61. The number of hydrogen-bond donors (Lipinski definition) is 0. The van der Waals surface area contributed by atoms with Crippen LogP contribution in [0.3, 0.4) is 0 Å². The molecule has 0 bridgehead atoms. The molecule has 0 saturated heterocycles. The molecule has 1 atom stereocenters. The van der Waals surface area contributed by atoms with Gasteiger partial charge in [0.25, 0.3) is 0 Å². The average molecular weight is 246 g/mol. The fourth-order valence-corrected chi connectivity index (χ4v) is 2.61. The molecular formula is C17H26O. The van der Waals surface area contributed by atoms with Crippen LogP contribution in [0.1, 0.15) is 69.9 Å². The molecule has 1 saturated carbocycles. The van der Waals surface area contributed by atoms with Crippen LogP contribution in [0.5, 0.6) is 5.75 Å². The summed E-state index contributed by atoms with van der Waals surface area (Å²) in [4.78, 5) is 0. The van der Waals surface area contributed by atoms with Crippen molar-refractivity contribution in [2.45, 2.75) is 58.8 Å². The maximum absolute atomic E-state index is 6.08. The van der Waals surface area contributed by atoms with Crippen LogP contribution in [0.25, 0.3) is 0 Å². The van der Waals surface area contributed by atoms with Crippen molar-refractivity contribution in [2.75, 3.05) is 6.61 Å². The summed E-state index contributed by atoms with van der Waals surface area (Å²) in [5, 5.41) is 0. The normalized spacial score (nSPS) is 16.9. The highest BCUT2D eigenvalue weighted by atomic mass is 16.5. The van der Waals surface area contributed by atoms with Crippen molar-refractivity contribution < 1.29 is 4.74 Å². The Kier molecular flexibility index (Phi) is 4.31. The molecule has 1 aromatic carbocycles. The zero-order valence-electron chi connectivity index (χ0n) is 12.2. The molecule has 1 heteroatoms. The van der Waals surface area contributed by atoms with Gasteiger partial charge >= 0.3 is 0 Å². The van der Waals surface area contributed by atoms with Gasteiger partial charge in [-0.2, -0.15) is 0 Å². The molecule has 1 fully saturated rings. The van der Waals surface area contributed by atoms with Crippen molar-refractivity contribution in [3.8, 4) is 5.75 Å². The van der Waals surface area contributed by atoms with Gasteiger partial charge in [0, 0.05) is 0 Å². The van der Waals surface area contributed by atoms with Gasteiger partial charge in [-0.1, -0.05) is 45.9 Å². The van der Waals surface area contributed by atoms with E-state index in [1.165, 1.54) is 29.7 Å². The Morgan fingerprint density at radius 3 is 2.39 bits per heavy atom. The maximum Gasteiger partial charge on any atom is 0.126 e. The molecule has 0 heterocycles. The SMILES string of the molecule is CCCOc1c(C(C)C)cccc1C(C)C1CC1. The second-order valence-corrected chi connectivity index (χ2v) is 5.89. The summed E-state index contributed by atoms with van der Waals surface area (Å²) in [7, 11) is 0. The van der Waals surface area contributed by atoms with Gasteiger partial charge in [0.05, 0.1) is 6.61 Å². The third kappa shape index (κ3) is 2.88. The Morgan fingerprint density at radius 1 is 1.17 bits per heavy atom. The molecule has 0 N–H and O–H groups in total. The molecule has 0 spiro atoms. The summed E-state index contributed by atoms with van der Waals surface area (Å²) in [6, 6.07) is 6.68. The van der Waals surface area contributed by atoms with Crippen LogP contribution in [0.15, 0.2) is 18.2 Å². The zero-order valence-corrected chi connectivity index (χ0v) is 12.2. The number of hydrogen-bond acceptors (Lipinski definition) is 1. The number of rotatable bonds is 6. The fraction of sp³-hybridized carbons (Fsp3) is 0.647. The molecule has 1 aliphatic rings. The smallest absolute Gasteiger partial charge is 0.126 e. The van der Waals surface area contributed by atoms with Gasteiger partial charge in [-0.05, 0) is 48.1 Å². The molecule has 0 aromatic heterocycles. The van der Waals surface area contributed by atoms with Gasteiger partial charge in [0.2, 0.25) is 0 Å². The Balaban J connectivity index is 2.33. The minimum absolute atomic E-state index is 0.531. The number of para-hydroxylation sites is 1. The topological polar surface area (TPSA) is 9.23 Å². The van der Waals surface area contributed by atoms with Gasteiger partial charge in [-0.15, -0.1) is 0 Å². The standard InChI is InChI=1S/C17H26O/c1-5-11-18-17-15(12(2)3)7-6-8-16(17)13(4)14-9-10-14/h6-8,12-14H,5,9-11H2,1-4H3. The molecule has 1 aromatic rings. The first-order chi connectivity index (χ1) is 8.65. The third-order valence-corrected chi connectivity index (χ3v) is 3.97. The Morgan fingerprint density at radius 2 is 1.83 bits per heavy atom. The van der Waals surface area contributed by atoms with E-state index in [4.69, 9.17) is 4.74 Å². The molecule has 0 radical (unpaired) electrons. The van der Waals surface area contributed by atoms with E-state index < -0.39 is 0 Å². The minimum atomic E-state index is 0.531. The van der Waals surface area contributed by atoms with Gasteiger partial charge in [0.15, 0.2) is 0 Å². The van der Waals surface area contributed by atoms with Crippen LogP contribution < -0.4 is 4.74 Å². The molecule has 0 aliphatic heterocycles. The summed E-state index contributed by atoms with van der Waals surface area (Å²) in [6.45, 7) is 9.85. The monoisotopic (exact) mass is 246 g/mol. The summed E-state index contributed by atoms with van der Waals surface area (Å²) in [5.74, 6) is 3.24. The van der Waals surface area contributed by atoms with Crippen LogP contribution in [0.4, 0.5) is 0 Å². The van der Waals surface area contributed by atoms with Crippen LogP contribution >= 0.6 is 0 Å². The van der Waals surface area contributed by atoms with Crippen molar-refractivity contribution in [3.63, 3.8) is 0 Å². The van der Waals surface area contributed by atoms with E-state index in [1.807, 2.05) is 0 Å². The van der Waals surface area contributed by atoms with E-state index in [0.717, 1.165) is 18.9 Å². The lowest BCUT2D eigenvalue weighted by Gasteiger charge is -2.21. The average Bonchev–Trinajstić information content (AvgIpc) is 3.19. The highest BCUT2D eigenvalue weighted by Crippen LogP contribution is 2.46. The van der Waals surface area contributed by atoms with E-state index in [9.17, 15) is 0 Å². The lowest BCUT2D eigenvalue weighted by atomic mass is 9.90. The second kappa shape index (κ2) is 5.77. The van der Waals surface area contributed by atoms with E-state index >= 15 is 0 Å². The highest BCUT2D eigenvalue weighted by Gasteiger charge is 2.31. The molecule has 18 heavy (non-hydrogen) atoms. The quantitative estimate of drug-likeness (QED) is 0.677. The van der Waals surface area contributed by atoms with Crippen LogP contribution in [0, 0.1) is 5.92 Å². The summed E-state index contributed by atoms with van der Waals surface area (Å²) in [5.41, 5.74) is 2.80. The van der Waals surface area contributed by atoms with E-state index in [-0.39, 0.29) is 0 Å². The van der Waals surface area contributed by atoms with Crippen molar-refractivity contribution in [3.05, 3.63) is 29.3 Å². The van der Waals surface area contributed by atoms with Crippen LogP contribution in [-0.4, -0.2) is 6.61 Å². The minimum Gasteiger partial charge on any atom is -0.493 e. The van der Waals surface area contributed by atoms with E-state index in [1.54, 1.807) is 0 Å². The second-order valence-electron chi connectivity index (χ2n) is 5.89. The summed E-state index contributed by atoms with van der Waals surface area (Å²) < 4.78 is 6.08. The van der Waals surface area contributed by atoms with Crippen LogP contribution in [0.2, 0.25) is 0 Å². The van der Waals surface area contributed by atoms with Gasteiger partial charge in [-0.25, -0.2) is 0 Å². The molecule has 2 rings (SSSR count). The van der Waals surface area contributed by atoms with Crippen LogP contribution in [-0.2, 0) is 0 Å². The maximum atomic E-state index is 6.08. The first-order valence-electron chi connectivity index (χ1n) is 7.40. The van der Waals surface area contributed by atoms with E-state index in [0.29, 0.717) is 11.8 Å². The predicted molar refractivity (Wildman–Crippen MR) is 77.5 cm³/mol.